The molecule has 0 unspecified atom stereocenters. The van der Waals surface area contributed by atoms with Gasteiger partial charge in [0, 0.05) is 37.2 Å². The molecule has 27 heavy (non-hydrogen) atoms. The van der Waals surface area contributed by atoms with Crippen LogP contribution in [0.5, 0.6) is 11.5 Å². The third-order valence-electron chi connectivity index (χ3n) is 4.30. The molecule has 0 aromatic heterocycles. The standard InChI is InChI=1S/C19H18N2O6/c1-26-19(23)13-4-5-14(12-20-10-2-3-18(20)22)17(11-13)27-16-8-6-15(7-9-16)21(24)25/h4-9,11H,2-3,10,12H2,1H3. The Morgan fingerprint density at radius 3 is 2.56 bits per heavy atom. The molecule has 1 aliphatic rings. The summed E-state index contributed by atoms with van der Waals surface area (Å²) < 4.78 is 10.6. The van der Waals surface area contributed by atoms with Gasteiger partial charge in [-0.25, -0.2) is 4.79 Å². The van der Waals surface area contributed by atoms with E-state index in [0.29, 0.717) is 36.6 Å². The number of esters is 1. The number of ether oxygens (including phenoxy) is 2. The number of non-ortho nitro benzene ring substituents is 1. The third kappa shape index (κ3) is 4.22. The molecule has 2 aromatic rings. The lowest BCUT2D eigenvalue weighted by Crippen LogP contribution is -2.24. The Morgan fingerprint density at radius 2 is 1.96 bits per heavy atom. The maximum absolute atomic E-state index is 11.9. The second-order valence-corrected chi connectivity index (χ2v) is 6.09. The lowest BCUT2D eigenvalue weighted by atomic mass is 10.1. The predicted molar refractivity (Wildman–Crippen MR) is 95.6 cm³/mol. The van der Waals surface area contributed by atoms with Crippen LogP contribution in [0.2, 0.25) is 0 Å². The molecule has 140 valence electrons. The monoisotopic (exact) mass is 370 g/mol. The highest BCUT2D eigenvalue weighted by atomic mass is 16.6. The van der Waals surface area contributed by atoms with Gasteiger partial charge >= 0.3 is 5.97 Å². The Kier molecular flexibility index (Phi) is 5.35. The Labute approximate surface area is 155 Å². The number of nitro benzene ring substituents is 1. The fourth-order valence-electron chi connectivity index (χ4n) is 2.86. The number of nitrogens with zero attached hydrogens (tertiary/aromatic N) is 2. The Morgan fingerprint density at radius 1 is 1.22 bits per heavy atom. The maximum Gasteiger partial charge on any atom is 0.337 e. The molecule has 3 rings (SSSR count). The zero-order valence-electron chi connectivity index (χ0n) is 14.7. The third-order valence-corrected chi connectivity index (χ3v) is 4.30. The minimum atomic E-state index is -0.507. The fraction of sp³-hybridized carbons (Fsp3) is 0.263. The smallest absolute Gasteiger partial charge is 0.337 e. The van der Waals surface area contributed by atoms with Crippen LogP contribution in [0.1, 0.15) is 28.8 Å². The minimum Gasteiger partial charge on any atom is -0.465 e. The Balaban J connectivity index is 1.90. The van der Waals surface area contributed by atoms with Crippen molar-refractivity contribution in [3.63, 3.8) is 0 Å². The molecule has 2 aromatic carbocycles. The van der Waals surface area contributed by atoms with Gasteiger partial charge in [-0.05, 0) is 30.7 Å². The van der Waals surface area contributed by atoms with Crippen molar-refractivity contribution in [2.24, 2.45) is 0 Å². The summed E-state index contributed by atoms with van der Waals surface area (Å²) in [6.07, 6.45) is 1.34. The van der Waals surface area contributed by atoms with E-state index < -0.39 is 10.9 Å². The van der Waals surface area contributed by atoms with Crippen LogP contribution in [0.25, 0.3) is 0 Å². The highest BCUT2D eigenvalue weighted by molar-refractivity contribution is 5.90. The summed E-state index contributed by atoms with van der Waals surface area (Å²) in [4.78, 5) is 35.8. The molecule has 1 heterocycles. The van der Waals surface area contributed by atoms with Crippen LogP contribution >= 0.6 is 0 Å². The van der Waals surface area contributed by atoms with Crippen LogP contribution < -0.4 is 4.74 Å². The van der Waals surface area contributed by atoms with Crippen LogP contribution in [0.3, 0.4) is 0 Å². The summed E-state index contributed by atoms with van der Waals surface area (Å²) in [7, 11) is 1.29. The SMILES string of the molecule is COC(=O)c1ccc(CN2CCCC2=O)c(Oc2ccc([N+](=O)[O-])cc2)c1. The Hall–Kier alpha value is -3.42. The molecule has 1 saturated heterocycles. The summed E-state index contributed by atoms with van der Waals surface area (Å²) in [6.45, 7) is 1.04. The second kappa shape index (κ2) is 7.86. The van der Waals surface area contributed by atoms with E-state index in [-0.39, 0.29) is 11.6 Å². The minimum absolute atomic E-state index is 0.0476. The number of hydrogen-bond donors (Lipinski definition) is 0. The largest absolute Gasteiger partial charge is 0.465 e. The lowest BCUT2D eigenvalue weighted by molar-refractivity contribution is -0.384. The van der Waals surface area contributed by atoms with Gasteiger partial charge in [-0.1, -0.05) is 6.07 Å². The Bertz CT molecular complexity index is 878. The molecule has 0 radical (unpaired) electrons. The van der Waals surface area contributed by atoms with Crippen LogP contribution in [-0.4, -0.2) is 35.4 Å². The van der Waals surface area contributed by atoms with Gasteiger partial charge in [0.05, 0.1) is 17.6 Å². The van der Waals surface area contributed by atoms with Gasteiger partial charge in [0.15, 0.2) is 0 Å². The maximum atomic E-state index is 11.9. The van der Waals surface area contributed by atoms with Gasteiger partial charge in [0.2, 0.25) is 5.91 Å². The van der Waals surface area contributed by atoms with Crippen molar-refractivity contribution in [3.05, 3.63) is 63.7 Å². The van der Waals surface area contributed by atoms with Gasteiger partial charge in [0.25, 0.3) is 5.69 Å². The van der Waals surface area contributed by atoms with E-state index in [1.807, 2.05) is 0 Å². The van der Waals surface area contributed by atoms with Crippen molar-refractivity contribution >= 4 is 17.6 Å². The summed E-state index contributed by atoms with van der Waals surface area (Å²) in [6, 6.07) is 10.5. The van der Waals surface area contributed by atoms with E-state index in [1.165, 1.54) is 31.4 Å². The number of likely N-dealkylation sites (tertiary alicyclic amines) is 1. The van der Waals surface area contributed by atoms with E-state index in [9.17, 15) is 19.7 Å². The average molecular weight is 370 g/mol. The lowest BCUT2D eigenvalue weighted by Gasteiger charge is -2.19. The van der Waals surface area contributed by atoms with Crippen LogP contribution in [0.4, 0.5) is 5.69 Å². The van der Waals surface area contributed by atoms with Crippen molar-refractivity contribution in [1.82, 2.24) is 4.90 Å². The highest BCUT2D eigenvalue weighted by Crippen LogP contribution is 2.30. The molecule has 8 nitrogen and oxygen atoms in total. The van der Waals surface area contributed by atoms with E-state index in [2.05, 4.69) is 0 Å². The summed E-state index contributed by atoms with van der Waals surface area (Å²) in [5.74, 6) is 0.351. The first-order chi connectivity index (χ1) is 13.0. The average Bonchev–Trinajstić information content (AvgIpc) is 3.07. The molecule has 1 aliphatic heterocycles. The molecule has 0 saturated carbocycles. The van der Waals surface area contributed by atoms with Crippen LogP contribution in [0, 0.1) is 10.1 Å². The molecule has 0 atom stereocenters. The molecule has 0 aliphatic carbocycles. The first-order valence-electron chi connectivity index (χ1n) is 8.39. The number of benzene rings is 2. The van der Waals surface area contributed by atoms with Crippen molar-refractivity contribution in [3.8, 4) is 11.5 Å². The fourth-order valence-corrected chi connectivity index (χ4v) is 2.86. The number of carbonyl (C=O) groups excluding carboxylic acids is 2. The van der Waals surface area contributed by atoms with Gasteiger partial charge in [-0.3, -0.25) is 14.9 Å². The highest BCUT2D eigenvalue weighted by Gasteiger charge is 2.22. The molecule has 1 fully saturated rings. The number of methoxy groups -OCH3 is 1. The van der Waals surface area contributed by atoms with Crippen molar-refractivity contribution in [2.45, 2.75) is 19.4 Å². The molecule has 0 bridgehead atoms. The number of amides is 1. The zero-order chi connectivity index (χ0) is 19.4. The normalized spacial score (nSPS) is 13.5. The van der Waals surface area contributed by atoms with E-state index in [0.717, 1.165) is 12.0 Å². The number of nitro groups is 1. The molecular formula is C19H18N2O6. The van der Waals surface area contributed by atoms with Crippen molar-refractivity contribution < 1.29 is 24.0 Å². The number of hydrogen-bond acceptors (Lipinski definition) is 6. The predicted octanol–water partition coefficient (Wildman–Crippen LogP) is 3.30. The molecular weight excluding hydrogens is 352 g/mol. The van der Waals surface area contributed by atoms with E-state index in [4.69, 9.17) is 9.47 Å². The topological polar surface area (TPSA) is 99.0 Å². The molecule has 0 N–H and O–H groups in total. The molecule has 1 amide bonds. The van der Waals surface area contributed by atoms with Crippen molar-refractivity contribution in [2.75, 3.05) is 13.7 Å². The molecule has 8 heteroatoms. The van der Waals surface area contributed by atoms with Crippen LogP contribution in [0.15, 0.2) is 42.5 Å². The van der Waals surface area contributed by atoms with E-state index in [1.54, 1.807) is 23.1 Å². The van der Waals surface area contributed by atoms with E-state index >= 15 is 0 Å². The van der Waals surface area contributed by atoms with Crippen molar-refractivity contribution in [1.29, 1.82) is 0 Å². The second-order valence-electron chi connectivity index (χ2n) is 6.09. The summed E-state index contributed by atoms with van der Waals surface area (Å²) in [5.41, 5.74) is 0.996. The quantitative estimate of drug-likeness (QED) is 0.439. The first-order valence-corrected chi connectivity index (χ1v) is 8.39. The first kappa shape index (κ1) is 18.4. The van der Waals surface area contributed by atoms with Crippen LogP contribution in [-0.2, 0) is 16.1 Å². The van der Waals surface area contributed by atoms with Gasteiger partial charge in [0.1, 0.15) is 11.5 Å². The van der Waals surface area contributed by atoms with Gasteiger partial charge in [-0.2, -0.15) is 0 Å². The zero-order valence-corrected chi connectivity index (χ0v) is 14.7. The molecule has 0 spiro atoms. The number of rotatable bonds is 6. The van der Waals surface area contributed by atoms with Gasteiger partial charge in [-0.15, -0.1) is 0 Å². The number of carbonyl (C=O) groups is 2. The summed E-state index contributed by atoms with van der Waals surface area (Å²) >= 11 is 0. The van der Waals surface area contributed by atoms with Gasteiger partial charge < -0.3 is 14.4 Å². The summed E-state index contributed by atoms with van der Waals surface area (Å²) in [5, 5.41) is 10.8.